The maximum Gasteiger partial charge on any atom is 0.444 e. The number of methoxy groups -OCH3 is 1. The SMILES string of the molecule is COc1nn(-c2ccc(NC(=O)c3ccc(C(C)(C)C)cc3)c(F)c2)c(=O)o1. The van der Waals surface area contributed by atoms with Gasteiger partial charge in [-0.1, -0.05) is 38.0 Å². The van der Waals surface area contributed by atoms with Crippen molar-refractivity contribution in [3.8, 4) is 11.8 Å². The van der Waals surface area contributed by atoms with Gasteiger partial charge in [0.2, 0.25) is 0 Å². The number of carbonyl (C=O) groups is 1. The molecule has 1 heterocycles. The van der Waals surface area contributed by atoms with Gasteiger partial charge in [0.15, 0.2) is 0 Å². The minimum absolute atomic E-state index is 0.0165. The van der Waals surface area contributed by atoms with Crippen LogP contribution >= 0.6 is 0 Å². The summed E-state index contributed by atoms with van der Waals surface area (Å²) >= 11 is 0. The molecule has 0 saturated carbocycles. The van der Waals surface area contributed by atoms with Crippen molar-refractivity contribution < 1.29 is 18.3 Å². The van der Waals surface area contributed by atoms with Crippen LogP contribution < -0.4 is 15.8 Å². The lowest BCUT2D eigenvalue weighted by Crippen LogP contribution is -2.16. The Kier molecular flexibility index (Phi) is 5.04. The first kappa shape index (κ1) is 19.3. The number of hydrogen-bond acceptors (Lipinski definition) is 5. The number of anilines is 1. The number of ether oxygens (including phenoxy) is 1. The highest BCUT2D eigenvalue weighted by molar-refractivity contribution is 6.04. The molecule has 0 aliphatic rings. The van der Waals surface area contributed by atoms with Crippen molar-refractivity contribution in [1.82, 2.24) is 9.78 Å². The van der Waals surface area contributed by atoms with Gasteiger partial charge in [-0.25, -0.2) is 9.18 Å². The van der Waals surface area contributed by atoms with E-state index in [2.05, 4.69) is 31.2 Å². The van der Waals surface area contributed by atoms with E-state index in [1.165, 1.54) is 19.2 Å². The number of benzene rings is 2. The van der Waals surface area contributed by atoms with Gasteiger partial charge in [0.1, 0.15) is 5.82 Å². The van der Waals surface area contributed by atoms with Gasteiger partial charge in [-0.05, 0) is 35.2 Å². The predicted octanol–water partition coefficient (Wildman–Crippen LogP) is 3.52. The highest BCUT2D eigenvalue weighted by atomic mass is 19.1. The molecular formula is C20H20FN3O4. The molecule has 0 bridgehead atoms. The van der Waals surface area contributed by atoms with Crippen molar-refractivity contribution in [2.75, 3.05) is 12.4 Å². The van der Waals surface area contributed by atoms with Crippen LogP contribution in [0.2, 0.25) is 0 Å². The van der Waals surface area contributed by atoms with E-state index in [0.29, 0.717) is 5.56 Å². The molecule has 0 saturated heterocycles. The molecule has 0 aliphatic carbocycles. The largest absolute Gasteiger partial charge is 0.452 e. The molecule has 146 valence electrons. The van der Waals surface area contributed by atoms with Crippen LogP contribution in [0.1, 0.15) is 36.7 Å². The Morgan fingerprint density at radius 1 is 1.18 bits per heavy atom. The summed E-state index contributed by atoms with van der Waals surface area (Å²) < 4.78 is 24.8. The topological polar surface area (TPSA) is 86.4 Å². The molecule has 0 spiro atoms. The Labute approximate surface area is 160 Å². The quantitative estimate of drug-likeness (QED) is 0.743. The first-order chi connectivity index (χ1) is 13.2. The number of nitrogens with zero attached hydrogens (tertiary/aromatic N) is 2. The molecule has 28 heavy (non-hydrogen) atoms. The van der Waals surface area contributed by atoms with Crippen LogP contribution in [0, 0.1) is 5.82 Å². The molecule has 0 aliphatic heterocycles. The summed E-state index contributed by atoms with van der Waals surface area (Å²) in [5.74, 6) is -1.97. The Morgan fingerprint density at radius 2 is 1.86 bits per heavy atom. The van der Waals surface area contributed by atoms with Gasteiger partial charge in [0.25, 0.3) is 5.91 Å². The lowest BCUT2D eigenvalue weighted by atomic mass is 9.87. The lowest BCUT2D eigenvalue weighted by molar-refractivity contribution is 0.102. The van der Waals surface area contributed by atoms with E-state index in [1.807, 2.05) is 12.1 Å². The molecule has 7 nitrogen and oxygen atoms in total. The van der Waals surface area contributed by atoms with Crippen LogP contribution in [0.25, 0.3) is 5.69 Å². The van der Waals surface area contributed by atoms with Crippen LogP contribution in [0.15, 0.2) is 51.7 Å². The zero-order valence-electron chi connectivity index (χ0n) is 15.9. The minimum atomic E-state index is -0.813. The molecule has 0 fully saturated rings. The fourth-order valence-corrected chi connectivity index (χ4v) is 2.56. The average molecular weight is 385 g/mol. The second-order valence-electron chi connectivity index (χ2n) is 7.20. The van der Waals surface area contributed by atoms with E-state index in [1.54, 1.807) is 12.1 Å². The van der Waals surface area contributed by atoms with Gasteiger partial charge < -0.3 is 14.5 Å². The van der Waals surface area contributed by atoms with Gasteiger partial charge in [-0.3, -0.25) is 4.79 Å². The van der Waals surface area contributed by atoms with Gasteiger partial charge in [0, 0.05) is 11.6 Å². The maximum atomic E-state index is 14.4. The fraction of sp³-hybridized carbons (Fsp3) is 0.250. The van der Waals surface area contributed by atoms with E-state index >= 15 is 0 Å². The van der Waals surface area contributed by atoms with Crippen LogP contribution in [-0.4, -0.2) is 22.8 Å². The zero-order chi connectivity index (χ0) is 20.5. The molecule has 2 aromatic carbocycles. The molecule has 3 rings (SSSR count). The number of carbonyl (C=O) groups excluding carboxylic acids is 1. The summed E-state index contributed by atoms with van der Waals surface area (Å²) in [4.78, 5) is 24.1. The maximum absolute atomic E-state index is 14.4. The van der Waals surface area contributed by atoms with Crippen molar-refractivity contribution in [3.63, 3.8) is 0 Å². The smallest absolute Gasteiger partial charge is 0.444 e. The second kappa shape index (κ2) is 7.30. The Balaban J connectivity index is 1.80. The van der Waals surface area contributed by atoms with Gasteiger partial charge in [-0.15, -0.1) is 0 Å². The lowest BCUT2D eigenvalue weighted by Gasteiger charge is -2.19. The van der Waals surface area contributed by atoms with Crippen molar-refractivity contribution >= 4 is 11.6 Å². The van der Waals surface area contributed by atoms with Crippen molar-refractivity contribution in [2.24, 2.45) is 0 Å². The number of halogens is 1. The van der Waals surface area contributed by atoms with Gasteiger partial charge in [-0.2, -0.15) is 4.68 Å². The highest BCUT2D eigenvalue weighted by Crippen LogP contribution is 2.23. The Morgan fingerprint density at radius 3 is 2.39 bits per heavy atom. The van der Waals surface area contributed by atoms with Crippen molar-refractivity contribution in [1.29, 1.82) is 0 Å². The summed E-state index contributed by atoms with van der Waals surface area (Å²) in [7, 11) is 1.29. The molecule has 8 heteroatoms. The van der Waals surface area contributed by atoms with E-state index in [-0.39, 0.29) is 22.9 Å². The third-order valence-corrected chi connectivity index (χ3v) is 4.16. The molecule has 1 aromatic heterocycles. The predicted molar refractivity (Wildman–Crippen MR) is 102 cm³/mol. The molecule has 3 aromatic rings. The fourth-order valence-electron chi connectivity index (χ4n) is 2.56. The third-order valence-electron chi connectivity index (χ3n) is 4.16. The monoisotopic (exact) mass is 385 g/mol. The zero-order valence-corrected chi connectivity index (χ0v) is 15.9. The van der Waals surface area contributed by atoms with Gasteiger partial charge >= 0.3 is 11.8 Å². The normalized spacial score (nSPS) is 11.3. The second-order valence-corrected chi connectivity index (χ2v) is 7.20. The summed E-state index contributed by atoms with van der Waals surface area (Å²) in [5, 5.41) is 6.29. The average Bonchev–Trinajstić information content (AvgIpc) is 3.03. The molecule has 0 radical (unpaired) electrons. The molecule has 0 atom stereocenters. The van der Waals surface area contributed by atoms with Crippen LogP contribution in [0.3, 0.4) is 0 Å². The minimum Gasteiger partial charge on any atom is -0.452 e. The number of rotatable bonds is 4. The number of aromatic nitrogens is 2. The van der Waals surface area contributed by atoms with Crippen LogP contribution in [0.4, 0.5) is 10.1 Å². The van der Waals surface area contributed by atoms with Crippen molar-refractivity contribution in [2.45, 2.75) is 26.2 Å². The van der Waals surface area contributed by atoms with E-state index in [9.17, 15) is 14.0 Å². The van der Waals surface area contributed by atoms with E-state index in [4.69, 9.17) is 9.15 Å². The third kappa shape index (κ3) is 3.95. The Hall–Kier alpha value is -3.42. The number of amides is 1. The Bertz CT molecular complexity index is 1060. The molecule has 1 amide bonds. The number of nitrogens with one attached hydrogen (secondary N) is 1. The van der Waals surface area contributed by atoms with Crippen LogP contribution in [-0.2, 0) is 5.41 Å². The summed E-state index contributed by atoms with van der Waals surface area (Å²) in [6.07, 6.45) is -0.235. The first-order valence-corrected chi connectivity index (χ1v) is 8.55. The molecule has 1 N–H and O–H groups in total. The van der Waals surface area contributed by atoms with Gasteiger partial charge in [0.05, 0.1) is 18.5 Å². The molecular weight excluding hydrogens is 365 g/mol. The summed E-state index contributed by atoms with van der Waals surface area (Å²) in [5.41, 5.74) is 1.60. The molecule has 0 unspecified atom stereocenters. The standard InChI is InChI=1S/C20H20FN3O4/c1-20(2,3)13-7-5-12(6-8-13)17(25)22-16-10-9-14(11-15(16)21)24-19(26)28-18(23-24)27-4/h5-11H,1-4H3,(H,22,25). The van der Waals surface area contributed by atoms with Crippen molar-refractivity contribution in [3.05, 3.63) is 70.0 Å². The first-order valence-electron chi connectivity index (χ1n) is 8.55. The van der Waals surface area contributed by atoms with E-state index < -0.39 is 17.5 Å². The number of hydrogen-bond donors (Lipinski definition) is 1. The summed E-state index contributed by atoms with van der Waals surface area (Å²) in [6.45, 7) is 6.23. The van der Waals surface area contributed by atoms with E-state index in [0.717, 1.165) is 16.3 Å². The van der Waals surface area contributed by atoms with Crippen LogP contribution in [0.5, 0.6) is 6.08 Å². The summed E-state index contributed by atoms with van der Waals surface area (Å²) in [6, 6.07) is 11.0. The highest BCUT2D eigenvalue weighted by Gasteiger charge is 2.16.